The average Bonchev–Trinajstić information content (AvgIpc) is 2.72. The van der Waals surface area contributed by atoms with Gasteiger partial charge in [0.05, 0.1) is 6.54 Å². The number of ether oxygens (including phenoxy) is 1. The maximum Gasteiger partial charge on any atom is 0.414 e. The molecule has 1 atom stereocenters. The van der Waals surface area contributed by atoms with Crippen molar-refractivity contribution in [2.45, 2.75) is 25.5 Å². The van der Waals surface area contributed by atoms with Crippen LogP contribution in [0.1, 0.15) is 18.4 Å². The van der Waals surface area contributed by atoms with Gasteiger partial charge in [-0.25, -0.2) is 18.0 Å². The minimum Gasteiger partial charge on any atom is -0.444 e. The standard InChI is InChI=1S/C21H20ClF3N2O2/c22-15-2-1-3-16(10-15)27(11-14-4-5-17(23)20(25)19(14)24)21(28)29-18-12-26-8-6-13(18)7-9-26/h1-5,10,13,18H,6-9,11-12H2/t18-/m0/s1. The monoisotopic (exact) mass is 424 g/mol. The van der Waals surface area contributed by atoms with Crippen molar-refractivity contribution in [1.29, 1.82) is 0 Å². The summed E-state index contributed by atoms with van der Waals surface area (Å²) in [5, 5.41) is 0.383. The first-order valence-electron chi connectivity index (χ1n) is 9.51. The molecule has 0 saturated carbocycles. The van der Waals surface area contributed by atoms with E-state index < -0.39 is 23.5 Å². The van der Waals surface area contributed by atoms with Gasteiger partial charge < -0.3 is 4.74 Å². The lowest BCUT2D eigenvalue weighted by Crippen LogP contribution is -2.53. The van der Waals surface area contributed by atoms with E-state index in [2.05, 4.69) is 4.90 Å². The van der Waals surface area contributed by atoms with Crippen LogP contribution in [0.25, 0.3) is 0 Å². The molecule has 0 radical (unpaired) electrons. The predicted molar refractivity (Wildman–Crippen MR) is 103 cm³/mol. The van der Waals surface area contributed by atoms with Crippen LogP contribution in [-0.2, 0) is 11.3 Å². The van der Waals surface area contributed by atoms with E-state index in [0.29, 0.717) is 23.2 Å². The molecular weight excluding hydrogens is 405 g/mol. The second-order valence-corrected chi connectivity index (χ2v) is 7.90. The SMILES string of the molecule is O=C(O[C@H]1CN2CCC1CC2)N(Cc1ccc(F)c(F)c1F)c1cccc(Cl)c1. The van der Waals surface area contributed by atoms with Gasteiger partial charge in [-0.05, 0) is 56.1 Å². The van der Waals surface area contributed by atoms with Gasteiger partial charge in [-0.3, -0.25) is 9.80 Å². The summed E-state index contributed by atoms with van der Waals surface area (Å²) < 4.78 is 47.0. The minimum atomic E-state index is -1.57. The summed E-state index contributed by atoms with van der Waals surface area (Å²) in [5.74, 6) is -3.88. The summed E-state index contributed by atoms with van der Waals surface area (Å²) in [6.45, 7) is 2.34. The Morgan fingerprint density at radius 3 is 2.55 bits per heavy atom. The fraction of sp³-hybridized carbons (Fsp3) is 0.381. The number of piperidine rings is 3. The lowest BCUT2D eigenvalue weighted by atomic mass is 9.86. The third-order valence-corrected chi connectivity index (χ3v) is 5.87. The Kier molecular flexibility index (Phi) is 5.69. The van der Waals surface area contributed by atoms with Gasteiger partial charge in [0.2, 0.25) is 0 Å². The number of benzene rings is 2. The second-order valence-electron chi connectivity index (χ2n) is 7.46. The Morgan fingerprint density at radius 2 is 1.90 bits per heavy atom. The van der Waals surface area contributed by atoms with Gasteiger partial charge in [0.25, 0.3) is 0 Å². The topological polar surface area (TPSA) is 32.8 Å². The zero-order chi connectivity index (χ0) is 20.5. The number of halogens is 4. The highest BCUT2D eigenvalue weighted by molar-refractivity contribution is 6.30. The van der Waals surface area contributed by atoms with Gasteiger partial charge in [-0.15, -0.1) is 0 Å². The molecule has 154 valence electrons. The molecule has 2 bridgehead atoms. The number of anilines is 1. The summed E-state index contributed by atoms with van der Waals surface area (Å²) >= 11 is 6.05. The quantitative estimate of drug-likeness (QED) is 0.648. The maximum absolute atomic E-state index is 14.2. The van der Waals surface area contributed by atoms with Crippen LogP contribution in [0.5, 0.6) is 0 Å². The number of rotatable bonds is 4. The number of carbonyl (C=O) groups is 1. The van der Waals surface area contributed by atoms with E-state index in [1.807, 2.05) is 0 Å². The number of amides is 1. The van der Waals surface area contributed by atoms with Crippen LogP contribution < -0.4 is 4.90 Å². The van der Waals surface area contributed by atoms with Gasteiger partial charge in [0.1, 0.15) is 6.10 Å². The number of hydrogen-bond donors (Lipinski definition) is 0. The third kappa shape index (κ3) is 4.21. The molecule has 1 amide bonds. The molecule has 3 heterocycles. The maximum atomic E-state index is 14.2. The molecule has 2 aromatic rings. The molecule has 0 aromatic heterocycles. The van der Waals surface area contributed by atoms with Crippen LogP contribution in [0.2, 0.25) is 5.02 Å². The number of fused-ring (bicyclic) bond motifs is 3. The van der Waals surface area contributed by atoms with Gasteiger partial charge in [-0.2, -0.15) is 0 Å². The molecule has 3 saturated heterocycles. The van der Waals surface area contributed by atoms with E-state index in [1.54, 1.807) is 18.2 Å². The van der Waals surface area contributed by atoms with Crippen molar-refractivity contribution in [3.63, 3.8) is 0 Å². The molecule has 3 fully saturated rings. The van der Waals surface area contributed by atoms with E-state index in [4.69, 9.17) is 16.3 Å². The summed E-state index contributed by atoms with van der Waals surface area (Å²) in [6.07, 6.45) is 1.01. The zero-order valence-corrected chi connectivity index (χ0v) is 16.3. The third-order valence-electron chi connectivity index (χ3n) is 5.63. The largest absolute Gasteiger partial charge is 0.444 e. The number of carbonyl (C=O) groups excluding carboxylic acids is 1. The Bertz CT molecular complexity index is 919. The average molecular weight is 425 g/mol. The highest BCUT2D eigenvalue weighted by atomic mass is 35.5. The molecular formula is C21H20ClF3N2O2. The van der Waals surface area contributed by atoms with E-state index in [0.717, 1.165) is 38.1 Å². The lowest BCUT2D eigenvalue weighted by Gasteiger charge is -2.44. The Balaban J connectivity index is 1.60. The highest BCUT2D eigenvalue weighted by Gasteiger charge is 2.37. The van der Waals surface area contributed by atoms with Crippen molar-refractivity contribution in [2.75, 3.05) is 24.5 Å². The van der Waals surface area contributed by atoms with Gasteiger partial charge in [0.15, 0.2) is 17.5 Å². The molecule has 2 aromatic carbocycles. The van der Waals surface area contributed by atoms with Crippen molar-refractivity contribution in [3.8, 4) is 0 Å². The van der Waals surface area contributed by atoms with E-state index in [-0.39, 0.29) is 18.2 Å². The lowest BCUT2D eigenvalue weighted by molar-refractivity contribution is -0.0311. The van der Waals surface area contributed by atoms with Gasteiger partial charge >= 0.3 is 6.09 Å². The van der Waals surface area contributed by atoms with Crippen LogP contribution in [0.15, 0.2) is 36.4 Å². The first kappa shape index (κ1) is 20.0. The molecule has 3 aliphatic heterocycles. The van der Waals surface area contributed by atoms with Crippen molar-refractivity contribution in [2.24, 2.45) is 5.92 Å². The van der Waals surface area contributed by atoms with Crippen LogP contribution >= 0.6 is 11.6 Å². The summed E-state index contributed by atoms with van der Waals surface area (Å²) in [4.78, 5) is 16.5. The van der Waals surface area contributed by atoms with Crippen molar-refractivity contribution < 1.29 is 22.7 Å². The van der Waals surface area contributed by atoms with Crippen LogP contribution in [0.4, 0.5) is 23.7 Å². The summed E-state index contributed by atoms with van der Waals surface area (Å²) in [6, 6.07) is 8.40. The zero-order valence-electron chi connectivity index (χ0n) is 15.6. The van der Waals surface area contributed by atoms with E-state index >= 15 is 0 Å². The fourth-order valence-electron chi connectivity index (χ4n) is 4.00. The summed E-state index contributed by atoms with van der Waals surface area (Å²) in [7, 11) is 0. The number of hydrogen-bond acceptors (Lipinski definition) is 3. The molecule has 3 aliphatic rings. The van der Waals surface area contributed by atoms with Crippen LogP contribution in [-0.4, -0.2) is 36.7 Å². The van der Waals surface area contributed by atoms with E-state index in [1.165, 1.54) is 11.0 Å². The first-order valence-corrected chi connectivity index (χ1v) is 9.88. The van der Waals surface area contributed by atoms with Crippen LogP contribution in [0, 0.1) is 23.4 Å². The van der Waals surface area contributed by atoms with Crippen molar-refractivity contribution in [1.82, 2.24) is 4.90 Å². The molecule has 0 spiro atoms. The highest BCUT2D eigenvalue weighted by Crippen LogP contribution is 2.31. The minimum absolute atomic E-state index is 0.158. The Labute approximate surface area is 171 Å². The predicted octanol–water partition coefficient (Wildman–Crippen LogP) is 4.99. The van der Waals surface area contributed by atoms with Gasteiger partial charge in [-0.1, -0.05) is 23.7 Å². The van der Waals surface area contributed by atoms with Gasteiger partial charge in [0, 0.05) is 22.8 Å². The molecule has 5 rings (SSSR count). The van der Waals surface area contributed by atoms with Crippen molar-refractivity contribution >= 4 is 23.4 Å². The molecule has 29 heavy (non-hydrogen) atoms. The second kappa shape index (κ2) is 8.24. The smallest absolute Gasteiger partial charge is 0.414 e. The normalized spacial score (nSPS) is 23.1. The number of nitrogens with zero attached hydrogens (tertiary/aromatic N) is 2. The van der Waals surface area contributed by atoms with Crippen molar-refractivity contribution in [3.05, 3.63) is 64.4 Å². The molecule has 4 nitrogen and oxygen atoms in total. The molecule has 0 unspecified atom stereocenters. The first-order chi connectivity index (χ1) is 13.9. The Hall–Kier alpha value is -2.25. The molecule has 0 N–H and O–H groups in total. The summed E-state index contributed by atoms with van der Waals surface area (Å²) in [5.41, 5.74) is 0.225. The molecule has 0 aliphatic carbocycles. The molecule has 8 heteroatoms. The fourth-order valence-corrected chi connectivity index (χ4v) is 4.19. The Morgan fingerprint density at radius 1 is 1.14 bits per heavy atom. The van der Waals surface area contributed by atoms with Crippen LogP contribution in [0.3, 0.4) is 0 Å². The van der Waals surface area contributed by atoms with E-state index in [9.17, 15) is 18.0 Å².